The molecule has 1 atom stereocenters. The Kier molecular flexibility index (Phi) is 3.19. The molecule has 1 rings (SSSR count). The maximum absolute atomic E-state index is 10.8. The van der Waals surface area contributed by atoms with Crippen LogP contribution in [0, 0.1) is 15.5 Å². The predicted octanol–water partition coefficient (Wildman–Crippen LogP) is 2.35. The smallest absolute Gasteiger partial charge is 0.274 e. The van der Waals surface area contributed by atoms with Gasteiger partial charge in [-0.05, 0) is 17.5 Å². The molecule has 0 radical (unpaired) electrons. The summed E-state index contributed by atoms with van der Waals surface area (Å²) in [5.41, 5.74) is 5.96. The number of nitrogens with zero attached hydrogens (tertiary/aromatic N) is 1. The molecule has 0 amide bonds. The Morgan fingerprint density at radius 3 is 2.44 bits per heavy atom. The van der Waals surface area contributed by atoms with E-state index in [4.69, 9.17) is 5.73 Å². The van der Waals surface area contributed by atoms with Gasteiger partial charge in [0.25, 0.3) is 5.69 Å². The van der Waals surface area contributed by atoms with Gasteiger partial charge < -0.3 is 10.8 Å². The zero-order chi connectivity index (χ0) is 12.5. The summed E-state index contributed by atoms with van der Waals surface area (Å²) in [6.45, 7) is 5.68. The van der Waals surface area contributed by atoms with Crippen LogP contribution in [0.25, 0.3) is 0 Å². The highest BCUT2D eigenvalue weighted by Crippen LogP contribution is 2.36. The van der Waals surface area contributed by atoms with Gasteiger partial charge in [-0.2, -0.15) is 0 Å². The van der Waals surface area contributed by atoms with Crippen LogP contribution in [0.4, 0.5) is 5.69 Å². The van der Waals surface area contributed by atoms with Crippen molar-refractivity contribution in [2.24, 2.45) is 11.1 Å². The molecule has 1 aromatic carbocycles. The zero-order valence-corrected chi connectivity index (χ0v) is 9.60. The number of rotatable bonds is 2. The first-order valence-electron chi connectivity index (χ1n) is 4.96. The molecule has 1 aromatic rings. The predicted molar refractivity (Wildman–Crippen MR) is 61.1 cm³/mol. The van der Waals surface area contributed by atoms with E-state index in [2.05, 4.69) is 0 Å². The maximum Gasteiger partial charge on any atom is 0.274 e. The summed E-state index contributed by atoms with van der Waals surface area (Å²) in [4.78, 5) is 10.3. The van der Waals surface area contributed by atoms with E-state index in [9.17, 15) is 15.2 Å². The molecule has 5 nitrogen and oxygen atoms in total. The van der Waals surface area contributed by atoms with Crippen molar-refractivity contribution in [2.75, 3.05) is 0 Å². The van der Waals surface area contributed by atoms with E-state index in [1.807, 2.05) is 20.8 Å². The molecule has 0 aromatic heterocycles. The summed E-state index contributed by atoms with van der Waals surface area (Å²) in [6, 6.07) is 3.42. The fraction of sp³-hybridized carbons (Fsp3) is 0.455. The zero-order valence-electron chi connectivity index (χ0n) is 9.60. The molecule has 0 heterocycles. The van der Waals surface area contributed by atoms with Crippen molar-refractivity contribution >= 4 is 5.69 Å². The molecule has 0 aliphatic heterocycles. The van der Waals surface area contributed by atoms with Gasteiger partial charge >= 0.3 is 0 Å². The molecule has 0 aliphatic rings. The van der Waals surface area contributed by atoms with Crippen LogP contribution in [0.3, 0.4) is 0 Å². The number of nitro groups is 1. The van der Waals surface area contributed by atoms with Gasteiger partial charge in [0.1, 0.15) is 5.75 Å². The van der Waals surface area contributed by atoms with Gasteiger partial charge in [0.05, 0.1) is 10.5 Å². The Labute approximate surface area is 94.0 Å². The molecule has 16 heavy (non-hydrogen) atoms. The molecular weight excluding hydrogens is 208 g/mol. The number of aromatic hydroxyl groups is 1. The van der Waals surface area contributed by atoms with Crippen molar-refractivity contribution in [1.82, 2.24) is 0 Å². The van der Waals surface area contributed by atoms with Crippen LogP contribution >= 0.6 is 0 Å². The molecule has 0 fully saturated rings. The van der Waals surface area contributed by atoms with E-state index in [0.717, 1.165) is 0 Å². The third-order valence-electron chi connectivity index (χ3n) is 2.48. The normalized spacial score (nSPS) is 13.5. The molecule has 0 spiro atoms. The minimum Gasteiger partial charge on any atom is -0.508 e. The molecule has 5 heteroatoms. The van der Waals surface area contributed by atoms with Crippen molar-refractivity contribution < 1.29 is 10.0 Å². The van der Waals surface area contributed by atoms with E-state index in [0.29, 0.717) is 5.56 Å². The van der Waals surface area contributed by atoms with Gasteiger partial charge in [-0.3, -0.25) is 10.1 Å². The lowest BCUT2D eigenvalue weighted by Gasteiger charge is -2.27. The molecule has 3 N–H and O–H groups in total. The Morgan fingerprint density at radius 1 is 1.44 bits per heavy atom. The summed E-state index contributed by atoms with van der Waals surface area (Å²) in [5, 5.41) is 20.2. The lowest BCUT2D eigenvalue weighted by Crippen LogP contribution is -2.26. The quantitative estimate of drug-likeness (QED) is 0.596. The van der Waals surface area contributed by atoms with Crippen LogP contribution in [0.1, 0.15) is 32.4 Å². The van der Waals surface area contributed by atoms with Crippen LogP contribution in [0.2, 0.25) is 0 Å². The SMILES string of the molecule is CC(C)(C)[C@@H](N)c1cc(O)ccc1[N+](=O)[O-]. The number of hydrogen-bond acceptors (Lipinski definition) is 4. The summed E-state index contributed by atoms with van der Waals surface area (Å²) in [6.07, 6.45) is 0. The van der Waals surface area contributed by atoms with Gasteiger partial charge in [0, 0.05) is 12.1 Å². The lowest BCUT2D eigenvalue weighted by atomic mass is 9.82. The highest BCUT2D eigenvalue weighted by Gasteiger charge is 2.28. The first-order valence-corrected chi connectivity index (χ1v) is 4.96. The van der Waals surface area contributed by atoms with Crippen LogP contribution < -0.4 is 5.73 Å². The monoisotopic (exact) mass is 224 g/mol. The van der Waals surface area contributed by atoms with E-state index in [-0.39, 0.29) is 16.9 Å². The second kappa shape index (κ2) is 4.09. The minimum atomic E-state index is -0.500. The molecule has 0 saturated heterocycles. The van der Waals surface area contributed by atoms with Crippen molar-refractivity contribution in [3.8, 4) is 5.75 Å². The number of nitro benzene ring substituents is 1. The third-order valence-corrected chi connectivity index (χ3v) is 2.48. The van der Waals surface area contributed by atoms with E-state index in [1.165, 1.54) is 18.2 Å². The van der Waals surface area contributed by atoms with Gasteiger partial charge in [0.15, 0.2) is 0 Å². The summed E-state index contributed by atoms with van der Waals surface area (Å²) in [5.74, 6) is -0.0136. The van der Waals surface area contributed by atoms with Crippen molar-refractivity contribution in [2.45, 2.75) is 26.8 Å². The lowest BCUT2D eigenvalue weighted by molar-refractivity contribution is -0.385. The topological polar surface area (TPSA) is 89.4 Å². The fourth-order valence-corrected chi connectivity index (χ4v) is 1.42. The Bertz CT molecular complexity index is 410. The molecule has 88 valence electrons. The standard InChI is InChI=1S/C11H16N2O3/c1-11(2,3)10(12)8-6-7(14)4-5-9(8)13(15)16/h4-6,10,14H,12H2,1-3H3/t10-/m0/s1. The minimum absolute atomic E-state index is 0.0136. The van der Waals surface area contributed by atoms with Crippen LogP contribution in [0.5, 0.6) is 5.75 Å². The summed E-state index contributed by atoms with van der Waals surface area (Å²) >= 11 is 0. The Balaban J connectivity index is 3.30. The number of phenols is 1. The second-order valence-electron chi connectivity index (χ2n) is 4.84. The molecule has 0 bridgehead atoms. The van der Waals surface area contributed by atoms with Gasteiger partial charge in [-0.15, -0.1) is 0 Å². The number of nitrogens with two attached hydrogens (primary N) is 1. The average molecular weight is 224 g/mol. The number of phenolic OH excluding ortho intramolecular Hbond substituents is 1. The highest BCUT2D eigenvalue weighted by atomic mass is 16.6. The van der Waals surface area contributed by atoms with E-state index >= 15 is 0 Å². The summed E-state index contributed by atoms with van der Waals surface area (Å²) in [7, 11) is 0. The van der Waals surface area contributed by atoms with Crippen LogP contribution in [0.15, 0.2) is 18.2 Å². The van der Waals surface area contributed by atoms with Crippen LogP contribution in [-0.4, -0.2) is 10.0 Å². The van der Waals surface area contributed by atoms with Crippen molar-refractivity contribution in [1.29, 1.82) is 0 Å². The maximum atomic E-state index is 10.8. The Morgan fingerprint density at radius 2 is 2.00 bits per heavy atom. The fourth-order valence-electron chi connectivity index (χ4n) is 1.42. The second-order valence-corrected chi connectivity index (χ2v) is 4.84. The highest BCUT2D eigenvalue weighted by molar-refractivity contribution is 5.47. The largest absolute Gasteiger partial charge is 0.508 e. The summed E-state index contributed by atoms with van der Waals surface area (Å²) < 4.78 is 0. The first-order chi connectivity index (χ1) is 7.23. The number of hydrogen-bond donors (Lipinski definition) is 2. The van der Waals surface area contributed by atoms with Crippen molar-refractivity contribution in [3.05, 3.63) is 33.9 Å². The van der Waals surface area contributed by atoms with Crippen LogP contribution in [-0.2, 0) is 0 Å². The molecule has 0 aliphatic carbocycles. The molecule has 0 saturated carbocycles. The van der Waals surface area contributed by atoms with Crippen molar-refractivity contribution in [3.63, 3.8) is 0 Å². The third kappa shape index (κ3) is 2.49. The Hall–Kier alpha value is -1.62. The first kappa shape index (κ1) is 12.4. The van der Waals surface area contributed by atoms with E-state index < -0.39 is 11.0 Å². The van der Waals surface area contributed by atoms with Gasteiger partial charge in [-0.1, -0.05) is 20.8 Å². The number of benzene rings is 1. The van der Waals surface area contributed by atoms with Gasteiger partial charge in [-0.25, -0.2) is 0 Å². The molecule has 0 unspecified atom stereocenters. The average Bonchev–Trinajstić information content (AvgIpc) is 2.14. The van der Waals surface area contributed by atoms with E-state index in [1.54, 1.807) is 0 Å². The molecular formula is C11H16N2O3. The van der Waals surface area contributed by atoms with Gasteiger partial charge in [0.2, 0.25) is 0 Å².